The van der Waals surface area contributed by atoms with Gasteiger partial charge in [-0.1, -0.05) is 146 Å². The zero-order valence-electron chi connectivity index (χ0n) is 43.3. The molecule has 3 aromatic rings. The zero-order chi connectivity index (χ0) is 53.2. The number of carbonyl (C=O) groups excluding carboxylic acids is 7. The van der Waals surface area contributed by atoms with E-state index in [9.17, 15) is 33.6 Å². The normalized spacial score (nSPS) is 14.4. The first kappa shape index (κ1) is 57.7. The monoisotopic (exact) mass is 995 g/mol. The fourth-order valence-electron chi connectivity index (χ4n) is 8.24. The number of alkyl carbamates (subject to hydrolysis) is 1. The predicted octanol–water partition coefficient (Wildman–Crippen LogP) is 6.78. The summed E-state index contributed by atoms with van der Waals surface area (Å²) in [6.45, 7) is 23.7. The van der Waals surface area contributed by atoms with E-state index in [1.807, 2.05) is 78.9 Å². The molecule has 3 aromatic carbocycles. The summed E-state index contributed by atoms with van der Waals surface area (Å²) in [5.74, 6) is -6.67. The minimum atomic E-state index is -1.31. The summed E-state index contributed by atoms with van der Waals surface area (Å²) >= 11 is 0. The summed E-state index contributed by atoms with van der Waals surface area (Å²) < 4.78 is 11.2. The van der Waals surface area contributed by atoms with Crippen LogP contribution in [0.25, 0.3) is 11.1 Å². The van der Waals surface area contributed by atoms with E-state index in [-0.39, 0.29) is 32.3 Å². The lowest BCUT2D eigenvalue weighted by atomic mass is 9.98. The molecule has 1 aliphatic rings. The number of hydrogen-bond acceptors (Lipinski definition) is 11. The highest BCUT2D eigenvalue weighted by molar-refractivity contribution is 5.96. The van der Waals surface area contributed by atoms with Gasteiger partial charge < -0.3 is 30.7 Å². The number of esters is 1. The van der Waals surface area contributed by atoms with Gasteiger partial charge in [-0.3, -0.25) is 33.6 Å². The van der Waals surface area contributed by atoms with Gasteiger partial charge in [-0.05, 0) is 71.8 Å². The average molecular weight is 995 g/mol. The fraction of sp³-hybridized carbons (Fsp3) is 0.473. The summed E-state index contributed by atoms with van der Waals surface area (Å²) in [7, 11) is 0. The Hall–Kier alpha value is -6.85. The molecule has 17 heteroatoms. The zero-order valence-corrected chi connectivity index (χ0v) is 43.3. The van der Waals surface area contributed by atoms with E-state index in [0.717, 1.165) is 37.9 Å². The third kappa shape index (κ3) is 15.3. The van der Waals surface area contributed by atoms with Crippen molar-refractivity contribution in [1.29, 1.82) is 0 Å². The van der Waals surface area contributed by atoms with Crippen LogP contribution in [0.3, 0.4) is 0 Å². The molecule has 6 atom stereocenters. The number of nitrogens with one attached hydrogen (secondary N) is 4. The molecule has 0 heterocycles. The number of ether oxygens (including phenoxy) is 2. The van der Waals surface area contributed by atoms with Crippen LogP contribution in [0.5, 0.6) is 0 Å². The van der Waals surface area contributed by atoms with E-state index in [2.05, 4.69) is 34.4 Å². The third-order valence-corrected chi connectivity index (χ3v) is 12.1. The Morgan fingerprint density at radius 2 is 1.04 bits per heavy atom. The number of rotatable bonds is 27. The summed E-state index contributed by atoms with van der Waals surface area (Å²) in [6.07, 6.45) is 2.44. The SMILES string of the molecule is C=CCCON(C(=O)[C@H](C)NC(=O)OCC1c2ccccc2-c2ccccc21)[C@@H](C(=O)N[C@H](C(=O)N[C@@H](C)C(=O)N(OCC=C)[C@@H](C(=O)N[C@H](C(=O)OCc1ccccc1)C(C)C)C(C)C)C(C)C)C(C)C. The molecule has 6 amide bonds. The number of benzene rings is 3. The van der Waals surface area contributed by atoms with Crippen LogP contribution in [0.1, 0.15) is 98.3 Å². The highest BCUT2D eigenvalue weighted by Gasteiger charge is 2.42. The van der Waals surface area contributed by atoms with E-state index in [1.54, 1.807) is 61.5 Å². The van der Waals surface area contributed by atoms with Gasteiger partial charge in [-0.25, -0.2) is 19.7 Å². The molecule has 0 saturated heterocycles. The van der Waals surface area contributed by atoms with E-state index in [4.69, 9.17) is 19.1 Å². The van der Waals surface area contributed by atoms with Gasteiger partial charge in [0.1, 0.15) is 49.5 Å². The summed E-state index contributed by atoms with van der Waals surface area (Å²) in [6, 6.07) is 17.5. The Bertz CT molecular complexity index is 2310. The van der Waals surface area contributed by atoms with Crippen LogP contribution in [0.4, 0.5) is 4.79 Å². The van der Waals surface area contributed by atoms with Crippen molar-refractivity contribution in [3.8, 4) is 11.1 Å². The van der Waals surface area contributed by atoms with E-state index in [1.165, 1.54) is 19.9 Å². The maximum absolute atomic E-state index is 14.4. The van der Waals surface area contributed by atoms with Crippen LogP contribution in [0, 0.1) is 23.7 Å². The Labute approximate surface area is 424 Å². The van der Waals surface area contributed by atoms with Crippen molar-refractivity contribution in [2.75, 3.05) is 19.8 Å². The summed E-state index contributed by atoms with van der Waals surface area (Å²) in [4.78, 5) is 109. The van der Waals surface area contributed by atoms with Crippen LogP contribution in [0.15, 0.2) is 104 Å². The van der Waals surface area contributed by atoms with Gasteiger partial charge in [0.15, 0.2) is 0 Å². The second-order valence-electron chi connectivity index (χ2n) is 19.2. The molecule has 1 aliphatic carbocycles. The molecule has 0 radical (unpaired) electrons. The van der Waals surface area contributed by atoms with Gasteiger partial charge in [0.25, 0.3) is 11.8 Å². The first-order chi connectivity index (χ1) is 34.2. The second-order valence-corrected chi connectivity index (χ2v) is 19.2. The minimum Gasteiger partial charge on any atom is -0.459 e. The first-order valence-electron chi connectivity index (χ1n) is 24.6. The predicted molar refractivity (Wildman–Crippen MR) is 273 cm³/mol. The van der Waals surface area contributed by atoms with Crippen LogP contribution in [0.2, 0.25) is 0 Å². The van der Waals surface area contributed by atoms with Gasteiger partial charge in [0.05, 0.1) is 13.2 Å². The fourth-order valence-corrected chi connectivity index (χ4v) is 8.24. The maximum Gasteiger partial charge on any atom is 0.407 e. The quantitative estimate of drug-likeness (QED) is 0.0271. The Kier molecular flexibility index (Phi) is 22.2. The molecule has 0 aromatic heterocycles. The molecule has 17 nitrogen and oxygen atoms in total. The number of hydroxylamine groups is 4. The lowest BCUT2D eigenvalue weighted by Crippen LogP contribution is -2.62. The molecule has 0 fully saturated rings. The number of hydrogen-bond donors (Lipinski definition) is 4. The lowest BCUT2D eigenvalue weighted by Gasteiger charge is -2.36. The van der Waals surface area contributed by atoms with Crippen molar-refractivity contribution < 1.29 is 52.7 Å². The Morgan fingerprint density at radius 1 is 0.556 bits per heavy atom. The van der Waals surface area contributed by atoms with Gasteiger partial charge >= 0.3 is 12.1 Å². The summed E-state index contributed by atoms with van der Waals surface area (Å²) in [5, 5.41) is 12.6. The number of fused-ring (bicyclic) bond motifs is 3. The highest BCUT2D eigenvalue weighted by Crippen LogP contribution is 2.44. The highest BCUT2D eigenvalue weighted by atomic mass is 16.7. The molecule has 72 heavy (non-hydrogen) atoms. The average Bonchev–Trinajstić information content (AvgIpc) is 3.66. The molecule has 0 aliphatic heterocycles. The maximum atomic E-state index is 14.4. The topological polar surface area (TPSA) is 211 Å². The standard InChI is InChI=1S/C55H74N6O11/c1-13-15-30-72-61(53(66)38(12)57-55(68)70-32-44-42-27-21-19-25-40(42)41-26-20-22-28-43(41)44)47(35(7)8)50(63)58-45(33(3)4)49(62)56-37(11)52(65)60(71-29-14-2)48(36(9)10)51(64)59-46(34(5)6)54(67)69-31-39-23-17-16-18-24-39/h13-14,16-28,33-38,44-48H,1-2,15,29-32H2,3-12H3,(H,56,62)(H,57,68)(H,58,63)(H,59,64)/t37-,38-,45-,46-,47+,48+/m0/s1. The van der Waals surface area contributed by atoms with Crippen LogP contribution in [-0.4, -0.2) is 108 Å². The smallest absolute Gasteiger partial charge is 0.407 e. The third-order valence-electron chi connectivity index (χ3n) is 12.1. The molecule has 4 N–H and O–H groups in total. The van der Waals surface area contributed by atoms with Crippen LogP contribution < -0.4 is 21.3 Å². The summed E-state index contributed by atoms with van der Waals surface area (Å²) in [5.41, 5.74) is 4.93. The number of carbonyl (C=O) groups is 7. The van der Waals surface area contributed by atoms with Crippen molar-refractivity contribution in [2.45, 2.75) is 124 Å². The molecule has 0 bridgehead atoms. The van der Waals surface area contributed by atoms with Gasteiger partial charge in [0, 0.05) is 5.92 Å². The lowest BCUT2D eigenvalue weighted by molar-refractivity contribution is -0.207. The molecular weight excluding hydrogens is 921 g/mol. The van der Waals surface area contributed by atoms with Crippen molar-refractivity contribution in [3.63, 3.8) is 0 Å². The molecule has 0 saturated carbocycles. The largest absolute Gasteiger partial charge is 0.459 e. The van der Waals surface area contributed by atoms with Crippen molar-refractivity contribution in [2.24, 2.45) is 23.7 Å². The van der Waals surface area contributed by atoms with Gasteiger partial charge in [-0.2, -0.15) is 0 Å². The van der Waals surface area contributed by atoms with Crippen molar-refractivity contribution in [1.82, 2.24) is 31.4 Å². The first-order valence-corrected chi connectivity index (χ1v) is 24.6. The van der Waals surface area contributed by atoms with E-state index >= 15 is 0 Å². The molecule has 0 spiro atoms. The van der Waals surface area contributed by atoms with Crippen LogP contribution in [-0.2, 0) is 54.5 Å². The number of amides is 6. The van der Waals surface area contributed by atoms with Gasteiger partial charge in [0.2, 0.25) is 17.7 Å². The minimum absolute atomic E-state index is 0.00507. The molecule has 0 unspecified atom stereocenters. The molecule has 390 valence electrons. The van der Waals surface area contributed by atoms with E-state index in [0.29, 0.717) is 6.42 Å². The van der Waals surface area contributed by atoms with Crippen LogP contribution >= 0.6 is 0 Å². The second kappa shape index (κ2) is 27.7. The van der Waals surface area contributed by atoms with Crippen molar-refractivity contribution in [3.05, 3.63) is 121 Å². The molecule has 4 rings (SSSR count). The Balaban J connectivity index is 1.47. The molecular formula is C55H74N6O11. The van der Waals surface area contributed by atoms with Gasteiger partial charge in [-0.15, -0.1) is 13.2 Å². The Morgan fingerprint density at radius 3 is 1.54 bits per heavy atom. The number of nitrogens with zero attached hydrogens (tertiary/aromatic N) is 2. The van der Waals surface area contributed by atoms with E-state index < -0.39 is 102 Å². The van der Waals surface area contributed by atoms with Crippen molar-refractivity contribution >= 4 is 41.6 Å².